The third kappa shape index (κ3) is 1.68. The molecule has 0 saturated carbocycles. The number of hydroxylamine groups is 1. The average molecular weight is 223 g/mol. The van der Waals surface area contributed by atoms with Crippen molar-refractivity contribution in [1.82, 2.24) is 5.48 Å². The first-order valence-corrected chi connectivity index (χ1v) is 5.66. The minimum Gasteiger partial charge on any atom is -0.316 e. The Morgan fingerprint density at radius 3 is 1.71 bits per heavy atom. The molecule has 2 aromatic rings. The van der Waals surface area contributed by atoms with E-state index >= 15 is 0 Å². The van der Waals surface area contributed by atoms with Crippen LogP contribution in [0.4, 0.5) is 0 Å². The van der Waals surface area contributed by atoms with Gasteiger partial charge in [0.15, 0.2) is 0 Å². The highest BCUT2D eigenvalue weighted by molar-refractivity contribution is 5.76. The normalized spacial score (nSPS) is 13.9. The minimum absolute atomic E-state index is 0.169. The second kappa shape index (κ2) is 4.17. The fourth-order valence-electron chi connectivity index (χ4n) is 2.34. The van der Waals surface area contributed by atoms with E-state index in [0.29, 0.717) is 0 Å². The van der Waals surface area contributed by atoms with Gasteiger partial charge in [-0.2, -0.15) is 5.48 Å². The van der Waals surface area contributed by atoms with Crippen LogP contribution in [0, 0.1) is 0 Å². The van der Waals surface area contributed by atoms with Crippen LogP contribution < -0.4 is 5.48 Å². The van der Waals surface area contributed by atoms with Gasteiger partial charge in [-0.05, 0) is 22.3 Å². The van der Waals surface area contributed by atoms with E-state index in [-0.39, 0.29) is 6.04 Å². The second-order valence-electron chi connectivity index (χ2n) is 4.15. The first-order valence-electron chi connectivity index (χ1n) is 5.66. The van der Waals surface area contributed by atoms with Crippen LogP contribution in [0.5, 0.6) is 0 Å². The lowest BCUT2D eigenvalue weighted by Crippen LogP contribution is -2.19. The van der Waals surface area contributed by atoms with Gasteiger partial charge < -0.3 is 5.21 Å². The third-order valence-electron chi connectivity index (χ3n) is 3.19. The second-order valence-corrected chi connectivity index (χ2v) is 4.15. The molecule has 0 bridgehead atoms. The number of nitrogens with one attached hydrogen (secondary N) is 1. The van der Waals surface area contributed by atoms with Crippen molar-refractivity contribution in [3.63, 3.8) is 0 Å². The molecule has 1 aliphatic rings. The Kier molecular flexibility index (Phi) is 2.52. The van der Waals surface area contributed by atoms with Crippen molar-refractivity contribution in [2.45, 2.75) is 6.04 Å². The van der Waals surface area contributed by atoms with Gasteiger partial charge in [0, 0.05) is 0 Å². The van der Waals surface area contributed by atoms with Gasteiger partial charge in [0.05, 0.1) is 6.04 Å². The van der Waals surface area contributed by atoms with Crippen molar-refractivity contribution in [3.8, 4) is 0 Å². The maximum Gasteiger partial charge on any atom is 0.0830 e. The zero-order valence-electron chi connectivity index (χ0n) is 9.30. The SMILES string of the molecule is ONC1c2ccccc2C=Cc2ccccc21. The highest BCUT2D eigenvalue weighted by atomic mass is 16.5. The lowest BCUT2D eigenvalue weighted by molar-refractivity contribution is 0.141. The highest BCUT2D eigenvalue weighted by Gasteiger charge is 2.19. The Bertz CT molecular complexity index is 525. The summed E-state index contributed by atoms with van der Waals surface area (Å²) in [6.07, 6.45) is 4.18. The van der Waals surface area contributed by atoms with Crippen molar-refractivity contribution < 1.29 is 5.21 Å². The number of fused-ring (bicyclic) bond motifs is 2. The summed E-state index contributed by atoms with van der Waals surface area (Å²) < 4.78 is 0. The number of hydrogen-bond acceptors (Lipinski definition) is 2. The minimum atomic E-state index is -0.169. The molecule has 1 aliphatic carbocycles. The van der Waals surface area contributed by atoms with Gasteiger partial charge in [0.2, 0.25) is 0 Å². The summed E-state index contributed by atoms with van der Waals surface area (Å²) in [5.41, 5.74) is 6.87. The van der Waals surface area contributed by atoms with E-state index in [0.717, 1.165) is 22.3 Å². The van der Waals surface area contributed by atoms with Gasteiger partial charge in [0.25, 0.3) is 0 Å². The number of rotatable bonds is 1. The number of benzene rings is 2. The van der Waals surface area contributed by atoms with E-state index in [1.54, 1.807) is 0 Å². The van der Waals surface area contributed by atoms with Crippen molar-refractivity contribution in [2.24, 2.45) is 0 Å². The molecule has 0 fully saturated rings. The van der Waals surface area contributed by atoms with Gasteiger partial charge in [0.1, 0.15) is 0 Å². The summed E-state index contributed by atoms with van der Waals surface area (Å²) >= 11 is 0. The fourth-order valence-corrected chi connectivity index (χ4v) is 2.34. The van der Waals surface area contributed by atoms with E-state index in [1.165, 1.54) is 0 Å². The molecule has 3 rings (SSSR count). The molecule has 0 atom stereocenters. The van der Waals surface area contributed by atoms with Gasteiger partial charge >= 0.3 is 0 Å². The summed E-state index contributed by atoms with van der Waals surface area (Å²) in [6, 6.07) is 16.0. The summed E-state index contributed by atoms with van der Waals surface area (Å²) in [6.45, 7) is 0. The Hall–Kier alpha value is -1.90. The molecule has 2 heteroatoms. The molecule has 2 nitrogen and oxygen atoms in total. The van der Waals surface area contributed by atoms with E-state index in [9.17, 15) is 5.21 Å². The molecule has 84 valence electrons. The van der Waals surface area contributed by atoms with E-state index in [4.69, 9.17) is 0 Å². The van der Waals surface area contributed by atoms with Crippen LogP contribution in [0.2, 0.25) is 0 Å². The summed E-state index contributed by atoms with van der Waals surface area (Å²) in [5, 5.41) is 9.43. The highest BCUT2D eigenvalue weighted by Crippen LogP contribution is 2.32. The van der Waals surface area contributed by atoms with Crippen LogP contribution in [0.3, 0.4) is 0 Å². The summed E-state index contributed by atoms with van der Waals surface area (Å²) in [4.78, 5) is 0. The van der Waals surface area contributed by atoms with Crippen molar-refractivity contribution in [2.75, 3.05) is 0 Å². The van der Waals surface area contributed by atoms with E-state index < -0.39 is 0 Å². The Morgan fingerprint density at radius 2 is 1.24 bits per heavy atom. The molecule has 0 radical (unpaired) electrons. The monoisotopic (exact) mass is 223 g/mol. The number of hydrogen-bond donors (Lipinski definition) is 2. The van der Waals surface area contributed by atoms with Crippen LogP contribution in [-0.2, 0) is 0 Å². The van der Waals surface area contributed by atoms with Crippen LogP contribution in [0.1, 0.15) is 28.3 Å². The zero-order valence-corrected chi connectivity index (χ0v) is 9.30. The fraction of sp³-hybridized carbons (Fsp3) is 0.0667. The molecule has 0 aromatic heterocycles. The van der Waals surface area contributed by atoms with Crippen molar-refractivity contribution >= 4 is 12.2 Å². The summed E-state index contributed by atoms with van der Waals surface area (Å²) in [5.74, 6) is 0. The van der Waals surface area contributed by atoms with E-state index in [1.807, 2.05) is 36.4 Å². The van der Waals surface area contributed by atoms with Gasteiger partial charge in [-0.1, -0.05) is 60.7 Å². The maximum atomic E-state index is 9.43. The Balaban J connectivity index is 2.25. The Labute approximate surface area is 100 Å². The molecule has 0 amide bonds. The molecule has 0 spiro atoms. The standard InChI is InChI=1S/C15H13NO/c17-16-15-13-7-3-1-5-11(13)9-10-12-6-2-4-8-14(12)15/h1-10,15-17H. The molecule has 2 N–H and O–H groups in total. The molecule has 0 saturated heterocycles. The van der Waals surface area contributed by atoms with Gasteiger partial charge in [-0.15, -0.1) is 0 Å². The zero-order chi connectivity index (χ0) is 11.7. The quantitative estimate of drug-likeness (QED) is 0.727. The first kappa shape index (κ1) is 10.3. The van der Waals surface area contributed by atoms with Gasteiger partial charge in [-0.25, -0.2) is 0 Å². The van der Waals surface area contributed by atoms with Crippen LogP contribution >= 0.6 is 0 Å². The Morgan fingerprint density at radius 1 is 0.765 bits per heavy atom. The van der Waals surface area contributed by atoms with E-state index in [2.05, 4.69) is 29.8 Å². The first-order chi connectivity index (χ1) is 8.40. The molecule has 0 heterocycles. The predicted molar refractivity (Wildman–Crippen MR) is 68.6 cm³/mol. The molecule has 2 aromatic carbocycles. The largest absolute Gasteiger partial charge is 0.316 e. The lowest BCUT2D eigenvalue weighted by atomic mass is 9.95. The predicted octanol–water partition coefficient (Wildman–Crippen LogP) is 3.24. The molecule has 0 aliphatic heterocycles. The van der Waals surface area contributed by atoms with Gasteiger partial charge in [-0.3, -0.25) is 0 Å². The molecule has 17 heavy (non-hydrogen) atoms. The molecular formula is C15H13NO. The van der Waals surface area contributed by atoms with Crippen LogP contribution in [-0.4, -0.2) is 5.21 Å². The smallest absolute Gasteiger partial charge is 0.0830 e. The lowest BCUT2D eigenvalue weighted by Gasteiger charge is -2.18. The van der Waals surface area contributed by atoms with Crippen LogP contribution in [0.15, 0.2) is 48.5 Å². The third-order valence-corrected chi connectivity index (χ3v) is 3.19. The average Bonchev–Trinajstić information content (AvgIpc) is 2.55. The molecular weight excluding hydrogens is 210 g/mol. The maximum absolute atomic E-state index is 9.43. The topological polar surface area (TPSA) is 32.3 Å². The van der Waals surface area contributed by atoms with Crippen molar-refractivity contribution in [3.05, 3.63) is 70.8 Å². The van der Waals surface area contributed by atoms with Crippen molar-refractivity contribution in [1.29, 1.82) is 0 Å². The van der Waals surface area contributed by atoms with Crippen LogP contribution in [0.25, 0.3) is 12.2 Å². The summed E-state index contributed by atoms with van der Waals surface area (Å²) in [7, 11) is 0. The molecule has 0 unspecified atom stereocenters.